The standard InChI is InChI=1S/C14H21BrF3NO/c15-11-4-6-12(7-5-11)19-13(20)9-2-1-3-10(8-9)14(16,17)18/h9-12H,1-8H2,(H,19,20). The second kappa shape index (κ2) is 6.67. The number of rotatable bonds is 2. The molecule has 20 heavy (non-hydrogen) atoms. The zero-order chi connectivity index (χ0) is 14.8. The highest BCUT2D eigenvalue weighted by Crippen LogP contribution is 2.40. The SMILES string of the molecule is O=C(NC1CCC(Br)CC1)C1CCCC(C(F)(F)F)C1. The number of halogens is 4. The Kier molecular flexibility index (Phi) is 5.37. The van der Waals surface area contributed by atoms with Crippen LogP contribution in [-0.2, 0) is 4.79 Å². The predicted octanol–water partition coefficient (Wildman–Crippen LogP) is 4.18. The molecule has 0 bridgehead atoms. The molecule has 1 amide bonds. The quantitative estimate of drug-likeness (QED) is 0.739. The Balaban J connectivity index is 1.83. The smallest absolute Gasteiger partial charge is 0.353 e. The van der Waals surface area contributed by atoms with Crippen LogP contribution in [0.2, 0.25) is 0 Å². The van der Waals surface area contributed by atoms with E-state index in [-0.39, 0.29) is 24.8 Å². The van der Waals surface area contributed by atoms with E-state index in [0.29, 0.717) is 17.7 Å². The van der Waals surface area contributed by atoms with Crippen molar-refractivity contribution in [2.75, 3.05) is 0 Å². The molecule has 0 aromatic heterocycles. The van der Waals surface area contributed by atoms with Crippen molar-refractivity contribution < 1.29 is 18.0 Å². The first kappa shape index (κ1) is 16.1. The molecule has 2 aliphatic carbocycles. The molecule has 0 spiro atoms. The third-order valence-electron chi connectivity index (χ3n) is 4.51. The molecule has 2 nitrogen and oxygen atoms in total. The fourth-order valence-electron chi connectivity index (χ4n) is 3.24. The Bertz CT molecular complexity index is 340. The summed E-state index contributed by atoms with van der Waals surface area (Å²) in [6, 6.07) is 0.141. The second-order valence-electron chi connectivity index (χ2n) is 6.06. The molecule has 2 aliphatic rings. The van der Waals surface area contributed by atoms with Crippen molar-refractivity contribution >= 4 is 21.8 Å². The second-order valence-corrected chi connectivity index (χ2v) is 7.35. The lowest BCUT2D eigenvalue weighted by Gasteiger charge is -2.32. The number of alkyl halides is 4. The normalized spacial score (nSPS) is 35.6. The van der Waals surface area contributed by atoms with E-state index < -0.39 is 18.0 Å². The zero-order valence-corrected chi connectivity index (χ0v) is 13.0. The average Bonchev–Trinajstić information content (AvgIpc) is 2.40. The number of hydrogen-bond donors (Lipinski definition) is 1. The molecular formula is C14H21BrF3NO. The van der Waals surface area contributed by atoms with E-state index in [9.17, 15) is 18.0 Å². The summed E-state index contributed by atoms with van der Waals surface area (Å²) >= 11 is 3.55. The molecule has 2 atom stereocenters. The topological polar surface area (TPSA) is 29.1 Å². The fraction of sp³-hybridized carbons (Fsp3) is 0.929. The lowest BCUT2D eigenvalue weighted by molar-refractivity contribution is -0.186. The maximum absolute atomic E-state index is 12.7. The number of hydrogen-bond acceptors (Lipinski definition) is 1. The summed E-state index contributed by atoms with van der Waals surface area (Å²) in [6.45, 7) is 0. The molecule has 0 aromatic rings. The van der Waals surface area contributed by atoms with E-state index in [1.165, 1.54) is 0 Å². The lowest BCUT2D eigenvalue weighted by Crippen LogP contribution is -2.43. The van der Waals surface area contributed by atoms with Gasteiger partial charge in [0, 0.05) is 16.8 Å². The maximum atomic E-state index is 12.7. The Labute approximate surface area is 126 Å². The van der Waals surface area contributed by atoms with E-state index in [1.54, 1.807) is 0 Å². The van der Waals surface area contributed by atoms with Crippen LogP contribution in [-0.4, -0.2) is 23.0 Å². The van der Waals surface area contributed by atoms with E-state index >= 15 is 0 Å². The summed E-state index contributed by atoms with van der Waals surface area (Å²) in [6.07, 6.45) is 0.913. The van der Waals surface area contributed by atoms with Gasteiger partial charge in [-0.25, -0.2) is 0 Å². The van der Waals surface area contributed by atoms with Crippen LogP contribution in [0.1, 0.15) is 51.4 Å². The van der Waals surface area contributed by atoms with E-state index in [4.69, 9.17) is 0 Å². The van der Waals surface area contributed by atoms with Gasteiger partial charge in [0.05, 0.1) is 5.92 Å². The van der Waals surface area contributed by atoms with Crippen molar-refractivity contribution in [2.45, 2.75) is 68.4 Å². The third kappa shape index (κ3) is 4.37. The Morgan fingerprint density at radius 2 is 1.70 bits per heavy atom. The van der Waals surface area contributed by atoms with E-state index in [0.717, 1.165) is 25.7 Å². The highest BCUT2D eigenvalue weighted by Gasteiger charge is 2.43. The number of carbonyl (C=O) groups excluding carboxylic acids is 1. The molecule has 2 unspecified atom stereocenters. The van der Waals surface area contributed by atoms with Gasteiger partial charge in [-0.15, -0.1) is 0 Å². The van der Waals surface area contributed by atoms with Crippen molar-refractivity contribution in [3.05, 3.63) is 0 Å². The van der Waals surface area contributed by atoms with Gasteiger partial charge in [0.2, 0.25) is 5.91 Å². The molecule has 0 heterocycles. The summed E-state index contributed by atoms with van der Waals surface area (Å²) in [4.78, 5) is 12.6. The Morgan fingerprint density at radius 1 is 1.05 bits per heavy atom. The monoisotopic (exact) mass is 355 g/mol. The first-order chi connectivity index (χ1) is 9.36. The molecular weight excluding hydrogens is 335 g/mol. The minimum atomic E-state index is -4.16. The molecule has 116 valence electrons. The average molecular weight is 356 g/mol. The number of nitrogens with one attached hydrogen (secondary N) is 1. The molecule has 1 N–H and O–H groups in total. The van der Waals surface area contributed by atoms with Gasteiger partial charge >= 0.3 is 6.18 Å². The third-order valence-corrected chi connectivity index (χ3v) is 5.43. The summed E-state index contributed by atoms with van der Waals surface area (Å²) in [5.41, 5.74) is 0. The highest BCUT2D eigenvalue weighted by molar-refractivity contribution is 9.09. The summed E-state index contributed by atoms with van der Waals surface area (Å²) in [7, 11) is 0. The Hall–Kier alpha value is -0.260. The first-order valence-corrected chi connectivity index (χ1v) is 8.29. The zero-order valence-electron chi connectivity index (χ0n) is 11.4. The van der Waals surface area contributed by atoms with Crippen LogP contribution in [0.15, 0.2) is 0 Å². The minimum Gasteiger partial charge on any atom is -0.353 e. The summed E-state index contributed by atoms with van der Waals surface area (Å²) in [5, 5.41) is 2.95. The molecule has 2 saturated carbocycles. The van der Waals surface area contributed by atoms with Crippen molar-refractivity contribution in [1.29, 1.82) is 0 Å². The largest absolute Gasteiger partial charge is 0.391 e. The fourth-order valence-corrected chi connectivity index (χ4v) is 3.77. The van der Waals surface area contributed by atoms with Gasteiger partial charge in [-0.2, -0.15) is 13.2 Å². The van der Waals surface area contributed by atoms with E-state index in [1.807, 2.05) is 0 Å². The van der Waals surface area contributed by atoms with Gasteiger partial charge in [-0.3, -0.25) is 4.79 Å². The molecule has 0 radical (unpaired) electrons. The van der Waals surface area contributed by atoms with Crippen LogP contribution >= 0.6 is 15.9 Å². The maximum Gasteiger partial charge on any atom is 0.391 e. The molecule has 2 rings (SSSR count). The van der Waals surface area contributed by atoms with Crippen molar-refractivity contribution in [3.63, 3.8) is 0 Å². The predicted molar refractivity (Wildman–Crippen MR) is 74.6 cm³/mol. The van der Waals surface area contributed by atoms with Crippen molar-refractivity contribution in [3.8, 4) is 0 Å². The van der Waals surface area contributed by atoms with Crippen LogP contribution in [0.25, 0.3) is 0 Å². The molecule has 6 heteroatoms. The summed E-state index contributed by atoms with van der Waals surface area (Å²) < 4.78 is 38.2. The number of carbonyl (C=O) groups is 1. The van der Waals surface area contributed by atoms with Crippen LogP contribution < -0.4 is 5.32 Å². The van der Waals surface area contributed by atoms with Gasteiger partial charge in [0.1, 0.15) is 0 Å². The van der Waals surface area contributed by atoms with Gasteiger partial charge in [0.25, 0.3) is 0 Å². The molecule has 0 aliphatic heterocycles. The Morgan fingerprint density at radius 3 is 2.30 bits per heavy atom. The molecule has 0 saturated heterocycles. The van der Waals surface area contributed by atoms with Crippen LogP contribution in [0, 0.1) is 11.8 Å². The number of amides is 1. The summed E-state index contributed by atoms with van der Waals surface area (Å²) in [5.74, 6) is -1.93. The highest BCUT2D eigenvalue weighted by atomic mass is 79.9. The van der Waals surface area contributed by atoms with Crippen LogP contribution in [0.3, 0.4) is 0 Å². The lowest BCUT2D eigenvalue weighted by atomic mass is 9.80. The van der Waals surface area contributed by atoms with Crippen molar-refractivity contribution in [1.82, 2.24) is 5.32 Å². The first-order valence-electron chi connectivity index (χ1n) is 7.37. The minimum absolute atomic E-state index is 0.0386. The van der Waals surface area contributed by atoms with Crippen molar-refractivity contribution in [2.24, 2.45) is 11.8 Å². The van der Waals surface area contributed by atoms with Crippen LogP contribution in [0.4, 0.5) is 13.2 Å². The van der Waals surface area contributed by atoms with Gasteiger partial charge in [-0.1, -0.05) is 22.4 Å². The van der Waals surface area contributed by atoms with Gasteiger partial charge in [-0.05, 0) is 44.9 Å². The van der Waals surface area contributed by atoms with Crippen LogP contribution in [0.5, 0.6) is 0 Å². The van der Waals surface area contributed by atoms with E-state index in [2.05, 4.69) is 21.2 Å². The molecule has 0 aromatic carbocycles. The molecule has 2 fully saturated rings. The van der Waals surface area contributed by atoms with Gasteiger partial charge < -0.3 is 5.32 Å². The van der Waals surface area contributed by atoms with Gasteiger partial charge in [0.15, 0.2) is 0 Å².